The average Bonchev–Trinajstić information content (AvgIpc) is 2.90. The number of amides is 2. The molecule has 0 spiro atoms. The van der Waals surface area contributed by atoms with E-state index in [9.17, 15) is 9.59 Å². The molecule has 1 saturated heterocycles. The van der Waals surface area contributed by atoms with Crippen LogP contribution in [0.2, 0.25) is 0 Å². The van der Waals surface area contributed by atoms with Crippen molar-refractivity contribution in [3.63, 3.8) is 0 Å². The lowest BCUT2D eigenvalue weighted by atomic mass is 10.1. The van der Waals surface area contributed by atoms with Crippen LogP contribution in [0.25, 0.3) is 6.08 Å². The molecule has 0 aliphatic carbocycles. The first-order chi connectivity index (χ1) is 13.0. The van der Waals surface area contributed by atoms with Gasteiger partial charge in [0.25, 0.3) is 11.1 Å². The van der Waals surface area contributed by atoms with Gasteiger partial charge < -0.3 is 9.47 Å². The molecule has 3 rings (SSSR count). The van der Waals surface area contributed by atoms with Crippen LogP contribution in [-0.2, 0) is 11.3 Å². The quantitative estimate of drug-likeness (QED) is 0.420. The van der Waals surface area contributed by atoms with Crippen molar-refractivity contribution in [2.24, 2.45) is 0 Å². The number of halogens is 1. The fraction of sp³-hybridized carbons (Fsp3) is 0.200. The lowest BCUT2D eigenvalue weighted by Gasteiger charge is -2.13. The molecule has 2 aromatic carbocycles. The van der Waals surface area contributed by atoms with Crippen molar-refractivity contribution in [3.05, 3.63) is 62.1 Å². The molecule has 7 heteroatoms. The van der Waals surface area contributed by atoms with Crippen molar-refractivity contribution in [1.82, 2.24) is 4.90 Å². The van der Waals surface area contributed by atoms with Crippen LogP contribution >= 0.6 is 34.4 Å². The predicted molar refractivity (Wildman–Crippen MR) is 115 cm³/mol. The zero-order chi connectivity index (χ0) is 19.4. The summed E-state index contributed by atoms with van der Waals surface area (Å²) in [7, 11) is 1.59. The van der Waals surface area contributed by atoms with E-state index in [0.29, 0.717) is 23.0 Å². The summed E-state index contributed by atoms with van der Waals surface area (Å²) in [5.74, 6) is 0.992. The number of benzene rings is 2. The molecule has 0 bridgehead atoms. The van der Waals surface area contributed by atoms with Crippen molar-refractivity contribution in [3.8, 4) is 11.5 Å². The second-order valence-electron chi connectivity index (χ2n) is 5.72. The van der Waals surface area contributed by atoms with Crippen molar-refractivity contribution in [2.45, 2.75) is 13.5 Å². The minimum absolute atomic E-state index is 0.261. The molecule has 0 radical (unpaired) electrons. The highest BCUT2D eigenvalue weighted by Crippen LogP contribution is 2.37. The Labute approximate surface area is 175 Å². The highest BCUT2D eigenvalue weighted by Gasteiger charge is 2.35. The van der Waals surface area contributed by atoms with Gasteiger partial charge in [-0.15, -0.1) is 0 Å². The molecule has 1 heterocycles. The summed E-state index contributed by atoms with van der Waals surface area (Å²) < 4.78 is 11.9. The molecule has 1 aliphatic heterocycles. The van der Waals surface area contributed by atoms with Gasteiger partial charge in [-0.1, -0.05) is 30.3 Å². The Morgan fingerprint density at radius 2 is 1.93 bits per heavy atom. The Bertz CT molecular complexity index is 898. The van der Waals surface area contributed by atoms with Gasteiger partial charge >= 0.3 is 0 Å². The van der Waals surface area contributed by atoms with Gasteiger partial charge in [0.1, 0.15) is 0 Å². The molecule has 1 aliphatic rings. The number of methoxy groups -OCH3 is 1. The van der Waals surface area contributed by atoms with E-state index in [1.807, 2.05) is 49.4 Å². The monoisotopic (exact) mass is 495 g/mol. The standard InChI is InChI=1S/C20H18INO4S/c1-3-26-16-10-14(9-15(21)18(16)25-2)11-17-19(23)22(20(24)27-17)12-13-7-5-4-6-8-13/h4-11H,3,12H2,1-2H3. The molecule has 0 aromatic heterocycles. The Morgan fingerprint density at radius 1 is 1.19 bits per heavy atom. The third-order valence-electron chi connectivity index (χ3n) is 3.89. The molecule has 0 atom stereocenters. The Kier molecular flexibility index (Phi) is 6.43. The normalized spacial score (nSPS) is 15.5. The summed E-state index contributed by atoms with van der Waals surface area (Å²) in [5, 5.41) is -0.261. The number of thioether (sulfide) groups is 1. The average molecular weight is 495 g/mol. The number of hydrogen-bond acceptors (Lipinski definition) is 5. The first-order valence-electron chi connectivity index (χ1n) is 8.33. The van der Waals surface area contributed by atoms with E-state index in [1.54, 1.807) is 13.2 Å². The minimum atomic E-state index is -0.280. The van der Waals surface area contributed by atoms with Gasteiger partial charge in [0.05, 0.1) is 28.7 Å². The van der Waals surface area contributed by atoms with Gasteiger partial charge in [-0.2, -0.15) is 0 Å². The van der Waals surface area contributed by atoms with Gasteiger partial charge in [-0.05, 0) is 70.6 Å². The maximum Gasteiger partial charge on any atom is 0.293 e. The summed E-state index contributed by atoms with van der Waals surface area (Å²) >= 11 is 3.12. The Morgan fingerprint density at radius 3 is 2.59 bits per heavy atom. The summed E-state index contributed by atoms with van der Waals surface area (Å²) in [5.41, 5.74) is 1.70. The fourth-order valence-corrected chi connectivity index (χ4v) is 4.37. The topological polar surface area (TPSA) is 55.8 Å². The molecule has 5 nitrogen and oxygen atoms in total. The van der Waals surface area contributed by atoms with Crippen molar-refractivity contribution in [2.75, 3.05) is 13.7 Å². The van der Waals surface area contributed by atoms with Crippen molar-refractivity contribution >= 4 is 51.6 Å². The van der Waals surface area contributed by atoms with Crippen LogP contribution in [0.5, 0.6) is 11.5 Å². The van der Waals surface area contributed by atoms with E-state index in [-0.39, 0.29) is 17.7 Å². The van der Waals surface area contributed by atoms with Crippen LogP contribution in [0.1, 0.15) is 18.1 Å². The SMILES string of the molecule is CCOc1cc(C=C2SC(=O)N(Cc3ccccc3)C2=O)cc(I)c1OC. The van der Waals surface area contributed by atoms with E-state index >= 15 is 0 Å². The van der Waals surface area contributed by atoms with E-state index in [1.165, 1.54) is 4.90 Å². The van der Waals surface area contributed by atoms with Crippen LogP contribution in [0.3, 0.4) is 0 Å². The van der Waals surface area contributed by atoms with Crippen LogP contribution in [0, 0.1) is 3.57 Å². The van der Waals surface area contributed by atoms with Gasteiger partial charge in [-0.25, -0.2) is 0 Å². The molecule has 1 fully saturated rings. The number of nitrogens with zero attached hydrogens (tertiary/aromatic N) is 1. The largest absolute Gasteiger partial charge is 0.492 e. The van der Waals surface area contributed by atoms with Crippen LogP contribution in [0.4, 0.5) is 4.79 Å². The number of carbonyl (C=O) groups is 2. The number of hydrogen-bond donors (Lipinski definition) is 0. The first kappa shape index (κ1) is 19.8. The Balaban J connectivity index is 1.87. The van der Waals surface area contributed by atoms with E-state index in [2.05, 4.69) is 22.6 Å². The van der Waals surface area contributed by atoms with E-state index < -0.39 is 0 Å². The van der Waals surface area contributed by atoms with Gasteiger partial charge in [-0.3, -0.25) is 14.5 Å². The maximum absolute atomic E-state index is 12.7. The summed E-state index contributed by atoms with van der Waals surface area (Å²) in [6.07, 6.45) is 1.72. The number of carbonyl (C=O) groups excluding carboxylic acids is 2. The number of rotatable bonds is 6. The van der Waals surface area contributed by atoms with E-state index in [4.69, 9.17) is 9.47 Å². The molecule has 0 saturated carbocycles. The van der Waals surface area contributed by atoms with Gasteiger partial charge in [0.15, 0.2) is 11.5 Å². The van der Waals surface area contributed by atoms with Crippen molar-refractivity contribution < 1.29 is 19.1 Å². The first-order valence-corrected chi connectivity index (χ1v) is 10.2. The molecular weight excluding hydrogens is 477 g/mol. The molecule has 0 unspecified atom stereocenters. The second-order valence-corrected chi connectivity index (χ2v) is 7.88. The van der Waals surface area contributed by atoms with Gasteiger partial charge in [0.2, 0.25) is 0 Å². The molecule has 2 amide bonds. The Hall–Kier alpha value is -2.00. The molecule has 140 valence electrons. The summed E-state index contributed by atoms with van der Waals surface area (Å²) in [6, 6.07) is 13.2. The molecule has 2 aromatic rings. The molecule has 0 N–H and O–H groups in total. The lowest BCUT2D eigenvalue weighted by molar-refractivity contribution is -0.123. The number of imide groups is 1. The highest BCUT2D eigenvalue weighted by atomic mass is 127. The third kappa shape index (κ3) is 4.47. The highest BCUT2D eigenvalue weighted by molar-refractivity contribution is 14.1. The summed E-state index contributed by atoms with van der Waals surface area (Å²) in [6.45, 7) is 2.67. The van der Waals surface area contributed by atoms with Crippen LogP contribution in [-0.4, -0.2) is 29.8 Å². The van der Waals surface area contributed by atoms with Crippen LogP contribution < -0.4 is 9.47 Å². The summed E-state index contributed by atoms with van der Waals surface area (Å²) in [4.78, 5) is 26.7. The smallest absolute Gasteiger partial charge is 0.293 e. The van der Waals surface area contributed by atoms with E-state index in [0.717, 1.165) is 26.5 Å². The molecule has 27 heavy (non-hydrogen) atoms. The second kappa shape index (κ2) is 8.79. The minimum Gasteiger partial charge on any atom is -0.492 e. The third-order valence-corrected chi connectivity index (χ3v) is 5.60. The zero-order valence-electron chi connectivity index (χ0n) is 14.9. The maximum atomic E-state index is 12.7. The molecular formula is C20H18INO4S. The lowest BCUT2D eigenvalue weighted by Crippen LogP contribution is -2.27. The van der Waals surface area contributed by atoms with Crippen LogP contribution in [0.15, 0.2) is 47.4 Å². The fourth-order valence-electron chi connectivity index (χ4n) is 2.69. The van der Waals surface area contributed by atoms with Crippen molar-refractivity contribution in [1.29, 1.82) is 0 Å². The zero-order valence-corrected chi connectivity index (χ0v) is 17.9. The van der Waals surface area contributed by atoms with Gasteiger partial charge in [0, 0.05) is 0 Å². The predicted octanol–water partition coefficient (Wildman–Crippen LogP) is 4.94. The number of ether oxygens (including phenoxy) is 2.